The number of carboxylic acid groups (broad SMARTS) is 1. The van der Waals surface area contributed by atoms with Crippen molar-refractivity contribution in [3.8, 4) is 0 Å². The molecule has 0 radical (unpaired) electrons. The van der Waals surface area contributed by atoms with Crippen LogP contribution in [0.25, 0.3) is 10.9 Å². The number of nitrogens with zero attached hydrogens (tertiary/aromatic N) is 1. The lowest BCUT2D eigenvalue weighted by molar-refractivity contribution is -0.137. The summed E-state index contributed by atoms with van der Waals surface area (Å²) in [5.41, 5.74) is 1.79. The smallest absolute Gasteiger partial charge is 0.480 e. The zero-order valence-electron chi connectivity index (χ0n) is 16.3. The maximum Gasteiger partial charge on any atom is 0.488 e. The Morgan fingerprint density at radius 2 is 1.84 bits per heavy atom. The van der Waals surface area contributed by atoms with Crippen LogP contribution in [0.5, 0.6) is 0 Å². The van der Waals surface area contributed by atoms with Gasteiger partial charge in [0.1, 0.15) is 11.6 Å². The van der Waals surface area contributed by atoms with Gasteiger partial charge in [0.2, 0.25) is 0 Å². The molecule has 0 fully saturated rings. The molecule has 12 heteroatoms. The van der Waals surface area contributed by atoms with Crippen LogP contribution in [0.1, 0.15) is 5.56 Å². The van der Waals surface area contributed by atoms with Gasteiger partial charge in [-0.3, -0.25) is 4.79 Å². The third kappa shape index (κ3) is 5.85. The van der Waals surface area contributed by atoms with Crippen LogP contribution in [0, 0.1) is 0 Å². The maximum absolute atomic E-state index is 13.0. The lowest BCUT2D eigenvalue weighted by Crippen LogP contribution is -2.40. The van der Waals surface area contributed by atoms with E-state index in [9.17, 15) is 18.3 Å². The van der Waals surface area contributed by atoms with E-state index < -0.39 is 29.7 Å². The van der Waals surface area contributed by atoms with E-state index >= 15 is 0 Å². The number of H-pyrrole nitrogens is 1. The van der Waals surface area contributed by atoms with Crippen LogP contribution in [-0.2, 0) is 21.4 Å². The zero-order valence-corrected chi connectivity index (χ0v) is 17.9. The molecule has 0 aliphatic heterocycles. The van der Waals surface area contributed by atoms with Gasteiger partial charge in [-0.25, -0.2) is 8.42 Å². The molecule has 5 N–H and O–H groups in total. The summed E-state index contributed by atoms with van der Waals surface area (Å²) in [6.07, 6.45) is 0. The first-order valence-corrected chi connectivity index (χ1v) is 11.1. The van der Waals surface area contributed by atoms with Crippen molar-refractivity contribution < 1.29 is 28.4 Å². The van der Waals surface area contributed by atoms with Crippen LogP contribution >= 0.6 is 11.6 Å². The molecular weight excluding hydrogens is 445 g/mol. The van der Waals surface area contributed by atoms with Gasteiger partial charge in [0.25, 0.3) is 10.0 Å². The molecule has 0 spiro atoms. The quantitative estimate of drug-likeness (QED) is 0.215. The predicted octanol–water partition coefficient (Wildman–Crippen LogP) is 0.366. The number of carbonyl (C=O) groups is 1. The van der Waals surface area contributed by atoms with E-state index in [4.69, 9.17) is 21.6 Å². The van der Waals surface area contributed by atoms with Gasteiger partial charge < -0.3 is 25.5 Å². The van der Waals surface area contributed by atoms with Crippen LogP contribution in [0.4, 0.5) is 0 Å². The van der Waals surface area contributed by atoms with Gasteiger partial charge >= 0.3 is 13.1 Å². The summed E-state index contributed by atoms with van der Waals surface area (Å²) in [4.78, 5) is 14.1. The van der Waals surface area contributed by atoms with Crippen molar-refractivity contribution in [2.45, 2.75) is 11.6 Å². The van der Waals surface area contributed by atoms with Crippen LogP contribution in [0.2, 0.25) is 5.02 Å². The average Bonchev–Trinajstić information content (AvgIpc) is 3.14. The molecule has 0 bridgehead atoms. The number of nitrogens with one attached hydrogen (secondary N) is 2. The highest BCUT2D eigenvalue weighted by molar-refractivity contribution is 7.89. The number of rotatable bonds is 10. The molecule has 164 valence electrons. The summed E-state index contributed by atoms with van der Waals surface area (Å²) in [5, 5.41) is 31.4. The van der Waals surface area contributed by atoms with E-state index in [1.54, 1.807) is 42.5 Å². The van der Waals surface area contributed by atoms with Crippen molar-refractivity contribution in [2.75, 3.05) is 19.6 Å². The van der Waals surface area contributed by atoms with Crippen molar-refractivity contribution in [3.63, 3.8) is 0 Å². The Bertz CT molecular complexity index is 1170. The first kappa shape index (κ1) is 23.3. The fourth-order valence-electron chi connectivity index (χ4n) is 3.03. The first-order chi connectivity index (χ1) is 14.7. The molecule has 0 saturated heterocycles. The summed E-state index contributed by atoms with van der Waals surface area (Å²) in [6, 6.07) is 12.9. The monoisotopic (exact) mass is 465 g/mol. The van der Waals surface area contributed by atoms with Crippen molar-refractivity contribution in [1.82, 2.24) is 14.6 Å². The molecule has 0 saturated carbocycles. The Balaban J connectivity index is 1.67. The Morgan fingerprint density at radius 1 is 1.13 bits per heavy atom. The summed E-state index contributed by atoms with van der Waals surface area (Å²) in [5.74, 6) is -1.26. The van der Waals surface area contributed by atoms with E-state index in [0.29, 0.717) is 27.9 Å². The number of aromatic nitrogens is 1. The average molecular weight is 466 g/mol. The van der Waals surface area contributed by atoms with Crippen molar-refractivity contribution >= 4 is 51.1 Å². The topological polar surface area (TPSA) is 143 Å². The van der Waals surface area contributed by atoms with Crippen LogP contribution in [0.3, 0.4) is 0 Å². The summed E-state index contributed by atoms with van der Waals surface area (Å²) < 4.78 is 26.9. The number of halogens is 1. The predicted molar refractivity (Wildman–Crippen MR) is 118 cm³/mol. The Labute approximate surface area is 184 Å². The standard InChI is InChI=1S/C19H21BClN3O6S/c21-16-5-6-17-14(9-16)10-18(23-17)31(29,30)24(12-19(25)26)8-7-22-11-13-1-3-15(4-2-13)20(27)28/h1-6,9-10,22-23,27-28H,7-8,11-12H2,(H,25,26). The third-order valence-electron chi connectivity index (χ3n) is 4.63. The maximum atomic E-state index is 13.0. The minimum atomic E-state index is -4.07. The van der Waals surface area contributed by atoms with Gasteiger partial charge in [-0.1, -0.05) is 35.9 Å². The fraction of sp³-hybridized carbons (Fsp3) is 0.211. The van der Waals surface area contributed by atoms with E-state index in [1.807, 2.05) is 0 Å². The number of fused-ring (bicyclic) bond motifs is 1. The van der Waals surface area contributed by atoms with E-state index in [1.165, 1.54) is 6.07 Å². The second-order valence-corrected chi connectivity index (χ2v) is 9.23. The second-order valence-electron chi connectivity index (χ2n) is 6.89. The van der Waals surface area contributed by atoms with E-state index in [0.717, 1.165) is 9.87 Å². The summed E-state index contributed by atoms with van der Waals surface area (Å²) in [6.45, 7) is -0.127. The van der Waals surface area contributed by atoms with Crippen molar-refractivity contribution in [1.29, 1.82) is 0 Å². The summed E-state index contributed by atoms with van der Waals surface area (Å²) in [7, 11) is -5.62. The van der Waals surface area contributed by atoms with Gasteiger partial charge in [0.05, 0.1) is 0 Å². The number of carboxylic acids is 1. The molecule has 0 aliphatic carbocycles. The molecule has 3 rings (SSSR count). The molecule has 2 aromatic carbocycles. The Morgan fingerprint density at radius 3 is 2.48 bits per heavy atom. The molecule has 0 amide bonds. The van der Waals surface area contributed by atoms with Crippen LogP contribution in [0.15, 0.2) is 53.6 Å². The second kappa shape index (κ2) is 9.81. The zero-order chi connectivity index (χ0) is 22.6. The SMILES string of the molecule is O=C(O)CN(CCNCc1ccc(B(O)O)cc1)S(=O)(=O)c1cc2cc(Cl)ccc2[nH]1. The van der Waals surface area contributed by atoms with E-state index in [-0.39, 0.29) is 18.1 Å². The molecule has 3 aromatic rings. The highest BCUT2D eigenvalue weighted by Crippen LogP contribution is 2.24. The number of benzene rings is 2. The molecule has 1 heterocycles. The number of aliphatic carboxylic acids is 1. The van der Waals surface area contributed by atoms with Gasteiger partial charge in [-0.15, -0.1) is 0 Å². The van der Waals surface area contributed by atoms with Crippen LogP contribution < -0.4 is 10.8 Å². The minimum absolute atomic E-state index is 0.0573. The molecule has 0 unspecified atom stereocenters. The van der Waals surface area contributed by atoms with Gasteiger partial charge in [0, 0.05) is 35.6 Å². The largest absolute Gasteiger partial charge is 0.488 e. The van der Waals surface area contributed by atoms with Gasteiger partial charge in [-0.2, -0.15) is 4.31 Å². The summed E-state index contributed by atoms with van der Waals surface area (Å²) >= 11 is 5.95. The fourth-order valence-corrected chi connectivity index (χ4v) is 4.62. The number of hydrogen-bond donors (Lipinski definition) is 5. The normalized spacial score (nSPS) is 11.9. The van der Waals surface area contributed by atoms with Crippen molar-refractivity contribution in [3.05, 3.63) is 59.1 Å². The number of hydrogen-bond acceptors (Lipinski definition) is 6. The first-order valence-electron chi connectivity index (χ1n) is 9.33. The minimum Gasteiger partial charge on any atom is -0.480 e. The highest BCUT2D eigenvalue weighted by Gasteiger charge is 2.28. The molecule has 9 nitrogen and oxygen atoms in total. The van der Waals surface area contributed by atoms with Crippen molar-refractivity contribution in [2.24, 2.45) is 0 Å². The van der Waals surface area contributed by atoms with E-state index in [2.05, 4.69) is 10.3 Å². The Hall–Kier alpha value is -2.41. The molecule has 0 atom stereocenters. The van der Waals surface area contributed by atoms with Gasteiger partial charge in [-0.05, 0) is 35.3 Å². The lowest BCUT2D eigenvalue weighted by atomic mass is 9.80. The Kier molecular flexibility index (Phi) is 7.36. The third-order valence-corrected chi connectivity index (χ3v) is 6.63. The lowest BCUT2D eigenvalue weighted by Gasteiger charge is -2.19. The van der Waals surface area contributed by atoms with Crippen LogP contribution in [-0.4, -0.2) is 65.6 Å². The molecular formula is C19H21BClN3O6S. The van der Waals surface area contributed by atoms with Gasteiger partial charge in [0.15, 0.2) is 0 Å². The molecule has 31 heavy (non-hydrogen) atoms. The molecule has 0 aliphatic rings. The molecule has 1 aromatic heterocycles. The number of sulfonamides is 1. The highest BCUT2D eigenvalue weighted by atomic mass is 35.5. The number of aromatic amines is 1.